The van der Waals surface area contributed by atoms with Crippen LogP contribution in [0.1, 0.15) is 22.0 Å². The number of amides is 3. The van der Waals surface area contributed by atoms with Crippen molar-refractivity contribution in [3.05, 3.63) is 126 Å². The fourth-order valence-corrected chi connectivity index (χ4v) is 3.65. The molecule has 0 saturated carbocycles. The first-order chi connectivity index (χ1) is 18.0. The Morgan fingerprint density at radius 1 is 0.649 bits per heavy atom. The Bertz CT molecular complexity index is 1360. The van der Waals surface area contributed by atoms with Crippen molar-refractivity contribution in [2.45, 2.75) is 6.04 Å². The first-order valence-electron chi connectivity index (χ1n) is 11.6. The van der Waals surface area contributed by atoms with Gasteiger partial charge in [0.15, 0.2) is 0 Å². The second kappa shape index (κ2) is 12.2. The molecule has 1 atom stereocenters. The van der Waals surface area contributed by atoms with Crippen molar-refractivity contribution in [1.29, 1.82) is 0 Å². The predicted octanol–water partition coefficient (Wildman–Crippen LogP) is 4.99. The minimum Gasteiger partial charge on any atom is -0.324 e. The molecule has 0 heterocycles. The molecule has 186 valence electrons. The van der Waals surface area contributed by atoms with Gasteiger partial charge in [0, 0.05) is 11.4 Å². The molecule has 3 amide bonds. The summed E-state index contributed by atoms with van der Waals surface area (Å²) in [5.74, 6) is -1.62. The molecule has 8 heteroatoms. The molecule has 0 aliphatic heterocycles. The Labute approximate surface area is 213 Å². The van der Waals surface area contributed by atoms with Crippen molar-refractivity contribution in [1.82, 2.24) is 5.32 Å². The summed E-state index contributed by atoms with van der Waals surface area (Å²) in [6.07, 6.45) is 0. The van der Waals surface area contributed by atoms with Gasteiger partial charge in [0.05, 0.1) is 17.8 Å². The van der Waals surface area contributed by atoms with Crippen LogP contribution in [0.2, 0.25) is 0 Å². The van der Waals surface area contributed by atoms with Gasteiger partial charge >= 0.3 is 0 Å². The van der Waals surface area contributed by atoms with Gasteiger partial charge in [-0.25, -0.2) is 4.39 Å². The number of rotatable bonds is 9. The van der Waals surface area contributed by atoms with E-state index in [0.717, 1.165) is 0 Å². The van der Waals surface area contributed by atoms with E-state index >= 15 is 0 Å². The molecular formula is C29H25FN4O3. The van der Waals surface area contributed by atoms with Crippen molar-refractivity contribution in [3.8, 4) is 0 Å². The fourth-order valence-electron chi connectivity index (χ4n) is 3.65. The quantitative estimate of drug-likeness (QED) is 0.262. The minimum atomic E-state index is -0.788. The molecule has 0 spiro atoms. The third kappa shape index (κ3) is 7.09. The third-order valence-electron chi connectivity index (χ3n) is 5.45. The van der Waals surface area contributed by atoms with E-state index in [2.05, 4.69) is 21.3 Å². The Hall–Kier alpha value is -4.82. The zero-order chi connectivity index (χ0) is 26.0. The highest BCUT2D eigenvalue weighted by Crippen LogP contribution is 2.19. The van der Waals surface area contributed by atoms with Gasteiger partial charge in [-0.15, -0.1) is 0 Å². The number of hydrogen-bond acceptors (Lipinski definition) is 4. The van der Waals surface area contributed by atoms with E-state index in [-0.39, 0.29) is 18.0 Å². The van der Waals surface area contributed by atoms with Gasteiger partial charge < -0.3 is 16.0 Å². The minimum absolute atomic E-state index is 0.185. The van der Waals surface area contributed by atoms with E-state index in [1.54, 1.807) is 48.5 Å². The molecule has 4 aromatic carbocycles. The van der Waals surface area contributed by atoms with E-state index in [4.69, 9.17) is 0 Å². The van der Waals surface area contributed by atoms with Crippen molar-refractivity contribution < 1.29 is 18.8 Å². The van der Waals surface area contributed by atoms with Crippen LogP contribution in [-0.2, 0) is 9.59 Å². The van der Waals surface area contributed by atoms with Gasteiger partial charge in [0.1, 0.15) is 11.9 Å². The highest BCUT2D eigenvalue weighted by atomic mass is 19.1. The first kappa shape index (κ1) is 25.3. The molecule has 37 heavy (non-hydrogen) atoms. The van der Waals surface area contributed by atoms with Crippen LogP contribution in [0.3, 0.4) is 0 Å². The Kier molecular flexibility index (Phi) is 8.36. The number of para-hydroxylation sites is 2. The van der Waals surface area contributed by atoms with Gasteiger partial charge in [0.2, 0.25) is 11.8 Å². The van der Waals surface area contributed by atoms with Crippen LogP contribution in [0.15, 0.2) is 109 Å². The summed E-state index contributed by atoms with van der Waals surface area (Å²) in [6, 6.07) is 29.3. The molecule has 4 rings (SSSR count). The fraction of sp³-hybridized carbons (Fsp3) is 0.0690. The lowest BCUT2D eigenvalue weighted by molar-refractivity contribution is -0.119. The monoisotopic (exact) mass is 496 g/mol. The summed E-state index contributed by atoms with van der Waals surface area (Å²) in [6.45, 7) is -0.185. The largest absolute Gasteiger partial charge is 0.324 e. The van der Waals surface area contributed by atoms with Crippen LogP contribution in [0, 0.1) is 5.82 Å². The number of benzene rings is 4. The number of carbonyl (C=O) groups is 3. The van der Waals surface area contributed by atoms with Gasteiger partial charge in [-0.05, 0) is 54.1 Å². The van der Waals surface area contributed by atoms with Gasteiger partial charge in [-0.1, -0.05) is 60.7 Å². The summed E-state index contributed by atoms with van der Waals surface area (Å²) in [5.41, 5.74) is 2.30. The predicted molar refractivity (Wildman–Crippen MR) is 142 cm³/mol. The Balaban J connectivity index is 1.43. The van der Waals surface area contributed by atoms with Crippen LogP contribution in [0.4, 0.5) is 21.5 Å². The zero-order valence-electron chi connectivity index (χ0n) is 19.8. The summed E-state index contributed by atoms with van der Waals surface area (Å²) in [4.78, 5) is 38.7. The molecule has 0 fully saturated rings. The molecular weight excluding hydrogens is 471 g/mol. The van der Waals surface area contributed by atoms with E-state index < -0.39 is 23.7 Å². The second-order valence-electron chi connectivity index (χ2n) is 8.13. The molecule has 0 saturated heterocycles. The number of anilines is 3. The Morgan fingerprint density at radius 2 is 1.24 bits per heavy atom. The normalized spacial score (nSPS) is 11.3. The standard InChI is InChI=1S/C29H25FN4O3/c30-21-15-17-23(18-16-21)32-28(36)24-13-7-8-14-25(24)34-26(35)19-31-27(20-9-3-1-4-10-20)29(37)33-22-11-5-2-6-12-22/h1-18,27,31H,19H2,(H,32,36)(H,33,37)(H,34,35). The average Bonchev–Trinajstić information content (AvgIpc) is 2.91. The topological polar surface area (TPSA) is 99.3 Å². The number of hydrogen-bond donors (Lipinski definition) is 4. The smallest absolute Gasteiger partial charge is 0.257 e. The maximum atomic E-state index is 13.2. The van der Waals surface area contributed by atoms with Gasteiger partial charge in [0.25, 0.3) is 5.91 Å². The summed E-state index contributed by atoms with van der Waals surface area (Å²) >= 11 is 0. The highest BCUT2D eigenvalue weighted by Gasteiger charge is 2.22. The molecule has 0 aliphatic rings. The van der Waals surface area contributed by atoms with E-state index in [9.17, 15) is 18.8 Å². The molecule has 0 aromatic heterocycles. The van der Waals surface area contributed by atoms with E-state index in [1.807, 2.05) is 36.4 Å². The SMILES string of the molecule is O=C(CNC(C(=O)Nc1ccccc1)c1ccccc1)Nc1ccccc1C(=O)Nc1ccc(F)cc1. The van der Waals surface area contributed by atoms with E-state index in [1.165, 1.54) is 24.3 Å². The Morgan fingerprint density at radius 3 is 1.95 bits per heavy atom. The van der Waals surface area contributed by atoms with Crippen LogP contribution in [0.5, 0.6) is 0 Å². The number of halogens is 1. The maximum absolute atomic E-state index is 13.2. The second-order valence-corrected chi connectivity index (χ2v) is 8.13. The van der Waals surface area contributed by atoms with Crippen LogP contribution < -0.4 is 21.3 Å². The first-order valence-corrected chi connectivity index (χ1v) is 11.6. The van der Waals surface area contributed by atoms with Crippen LogP contribution >= 0.6 is 0 Å². The maximum Gasteiger partial charge on any atom is 0.257 e. The summed E-state index contributed by atoms with van der Waals surface area (Å²) in [7, 11) is 0. The molecule has 1 unspecified atom stereocenters. The van der Waals surface area contributed by atoms with E-state index in [0.29, 0.717) is 22.6 Å². The van der Waals surface area contributed by atoms with Crippen LogP contribution in [0.25, 0.3) is 0 Å². The number of nitrogens with one attached hydrogen (secondary N) is 4. The number of carbonyl (C=O) groups excluding carboxylic acids is 3. The van der Waals surface area contributed by atoms with Crippen molar-refractivity contribution in [3.63, 3.8) is 0 Å². The van der Waals surface area contributed by atoms with Crippen molar-refractivity contribution in [2.75, 3.05) is 22.5 Å². The molecule has 7 nitrogen and oxygen atoms in total. The highest BCUT2D eigenvalue weighted by molar-refractivity contribution is 6.10. The molecule has 4 aromatic rings. The van der Waals surface area contributed by atoms with Gasteiger partial charge in [-0.3, -0.25) is 19.7 Å². The lowest BCUT2D eigenvalue weighted by Gasteiger charge is -2.19. The average molecular weight is 497 g/mol. The van der Waals surface area contributed by atoms with Gasteiger partial charge in [-0.2, -0.15) is 0 Å². The summed E-state index contributed by atoms with van der Waals surface area (Å²) in [5, 5.41) is 11.3. The lowest BCUT2D eigenvalue weighted by Crippen LogP contribution is -2.38. The molecule has 0 radical (unpaired) electrons. The zero-order valence-corrected chi connectivity index (χ0v) is 19.8. The van der Waals surface area contributed by atoms with Crippen molar-refractivity contribution >= 4 is 34.8 Å². The lowest BCUT2D eigenvalue weighted by atomic mass is 10.1. The van der Waals surface area contributed by atoms with Crippen molar-refractivity contribution in [2.24, 2.45) is 0 Å². The van der Waals surface area contributed by atoms with Crippen LogP contribution in [-0.4, -0.2) is 24.3 Å². The summed E-state index contributed by atoms with van der Waals surface area (Å²) < 4.78 is 13.2. The molecule has 4 N–H and O–H groups in total. The molecule has 0 bridgehead atoms. The third-order valence-corrected chi connectivity index (χ3v) is 5.45. The molecule has 0 aliphatic carbocycles.